The fourth-order valence-corrected chi connectivity index (χ4v) is 2.05. The van der Waals surface area contributed by atoms with Crippen molar-refractivity contribution >= 4 is 11.9 Å². The first kappa shape index (κ1) is 14.6. The Bertz CT molecular complexity index is 467. The predicted octanol–water partition coefficient (Wildman–Crippen LogP) is 2.21. The Morgan fingerprint density at radius 3 is 2.75 bits per heavy atom. The van der Waals surface area contributed by atoms with Gasteiger partial charge in [0, 0.05) is 19.1 Å². The third kappa shape index (κ3) is 4.08. The minimum Gasteiger partial charge on any atom is -0.444 e. The van der Waals surface area contributed by atoms with Crippen LogP contribution in [0.1, 0.15) is 32.9 Å². The van der Waals surface area contributed by atoms with Gasteiger partial charge in [-0.2, -0.15) is 0 Å². The van der Waals surface area contributed by atoms with Crippen LogP contribution in [0.5, 0.6) is 0 Å². The lowest BCUT2D eigenvalue weighted by Crippen LogP contribution is -2.36. The van der Waals surface area contributed by atoms with Gasteiger partial charge >= 0.3 is 6.09 Å². The van der Waals surface area contributed by atoms with Crippen molar-refractivity contribution in [2.45, 2.75) is 45.8 Å². The number of hydrogen-bond donors (Lipinski definition) is 1. The lowest BCUT2D eigenvalue weighted by molar-refractivity contribution is 0.0293. The molecule has 0 aromatic carbocycles. The highest BCUT2D eigenvalue weighted by atomic mass is 16.6. The zero-order valence-electron chi connectivity index (χ0n) is 12.5. The van der Waals surface area contributed by atoms with Crippen LogP contribution < -0.4 is 5.32 Å². The zero-order valence-corrected chi connectivity index (χ0v) is 12.5. The molecule has 6 nitrogen and oxygen atoms in total. The van der Waals surface area contributed by atoms with Gasteiger partial charge in [0.05, 0.1) is 18.1 Å². The maximum absolute atomic E-state index is 12.0. The van der Waals surface area contributed by atoms with Gasteiger partial charge in [0.15, 0.2) is 0 Å². The molecule has 1 aromatic rings. The van der Waals surface area contributed by atoms with Gasteiger partial charge in [0.2, 0.25) is 0 Å². The minimum atomic E-state index is -0.453. The van der Waals surface area contributed by atoms with Crippen LogP contribution in [0.4, 0.5) is 10.6 Å². The van der Waals surface area contributed by atoms with E-state index >= 15 is 0 Å². The van der Waals surface area contributed by atoms with Crippen molar-refractivity contribution < 1.29 is 9.53 Å². The number of ether oxygens (including phenoxy) is 1. The van der Waals surface area contributed by atoms with Crippen LogP contribution in [0.15, 0.2) is 12.4 Å². The summed E-state index contributed by atoms with van der Waals surface area (Å²) in [7, 11) is 0. The quantitative estimate of drug-likeness (QED) is 0.898. The number of rotatable bonds is 2. The molecule has 0 spiro atoms. The summed E-state index contributed by atoms with van der Waals surface area (Å²) in [4.78, 5) is 22.1. The molecule has 1 unspecified atom stereocenters. The molecule has 110 valence electrons. The van der Waals surface area contributed by atoms with E-state index in [0.29, 0.717) is 13.1 Å². The molecule has 1 aromatic heterocycles. The summed E-state index contributed by atoms with van der Waals surface area (Å²) in [6.07, 6.45) is 4.07. The van der Waals surface area contributed by atoms with Gasteiger partial charge in [-0.15, -0.1) is 0 Å². The molecule has 1 saturated heterocycles. The summed E-state index contributed by atoms with van der Waals surface area (Å²) < 4.78 is 5.37. The van der Waals surface area contributed by atoms with Gasteiger partial charge in [0.1, 0.15) is 11.4 Å². The third-order valence-corrected chi connectivity index (χ3v) is 2.97. The predicted molar refractivity (Wildman–Crippen MR) is 76.6 cm³/mol. The first-order chi connectivity index (χ1) is 9.33. The van der Waals surface area contributed by atoms with E-state index in [9.17, 15) is 4.79 Å². The SMILES string of the molecule is Cc1cnc(NC2CCN(C(=O)OC(C)(C)C)C2)cn1. The van der Waals surface area contributed by atoms with Gasteiger partial charge in [0.25, 0.3) is 0 Å². The second kappa shape index (κ2) is 5.64. The van der Waals surface area contributed by atoms with Crippen LogP contribution in [-0.2, 0) is 4.74 Å². The van der Waals surface area contributed by atoms with Crippen molar-refractivity contribution in [3.63, 3.8) is 0 Å². The average Bonchev–Trinajstić information content (AvgIpc) is 2.79. The summed E-state index contributed by atoms with van der Waals surface area (Å²) in [5.41, 5.74) is 0.433. The fourth-order valence-electron chi connectivity index (χ4n) is 2.05. The summed E-state index contributed by atoms with van der Waals surface area (Å²) in [6.45, 7) is 8.85. The summed E-state index contributed by atoms with van der Waals surface area (Å²) in [5.74, 6) is 0.742. The van der Waals surface area contributed by atoms with Crippen molar-refractivity contribution in [1.82, 2.24) is 14.9 Å². The van der Waals surface area contributed by atoms with E-state index in [0.717, 1.165) is 17.9 Å². The number of hydrogen-bond acceptors (Lipinski definition) is 5. The molecule has 6 heteroatoms. The lowest BCUT2D eigenvalue weighted by atomic mass is 10.2. The highest BCUT2D eigenvalue weighted by Gasteiger charge is 2.29. The Balaban J connectivity index is 1.86. The fraction of sp³-hybridized carbons (Fsp3) is 0.643. The zero-order chi connectivity index (χ0) is 14.8. The number of aromatic nitrogens is 2. The first-order valence-corrected chi connectivity index (χ1v) is 6.86. The Morgan fingerprint density at radius 1 is 1.40 bits per heavy atom. The first-order valence-electron chi connectivity index (χ1n) is 6.86. The molecule has 1 atom stereocenters. The largest absolute Gasteiger partial charge is 0.444 e. The summed E-state index contributed by atoms with van der Waals surface area (Å²) in [5, 5.41) is 3.29. The van der Waals surface area contributed by atoms with E-state index in [1.807, 2.05) is 27.7 Å². The maximum Gasteiger partial charge on any atom is 0.410 e. The molecule has 1 amide bonds. The van der Waals surface area contributed by atoms with E-state index in [1.54, 1.807) is 17.3 Å². The molecule has 1 fully saturated rings. The van der Waals surface area contributed by atoms with Crippen LogP contribution in [0.25, 0.3) is 0 Å². The molecule has 2 rings (SSSR count). The van der Waals surface area contributed by atoms with Crippen LogP contribution in [-0.4, -0.2) is 45.7 Å². The molecule has 1 aliphatic heterocycles. The number of carbonyl (C=O) groups excluding carboxylic acids is 1. The number of anilines is 1. The van der Waals surface area contributed by atoms with Crippen molar-refractivity contribution in [3.8, 4) is 0 Å². The van der Waals surface area contributed by atoms with Gasteiger partial charge in [-0.25, -0.2) is 9.78 Å². The normalized spacial score (nSPS) is 19.0. The van der Waals surface area contributed by atoms with Crippen LogP contribution in [0.2, 0.25) is 0 Å². The van der Waals surface area contributed by atoms with Crippen LogP contribution in [0.3, 0.4) is 0 Å². The van der Waals surface area contributed by atoms with Crippen LogP contribution in [0, 0.1) is 6.92 Å². The standard InChI is InChI=1S/C14H22N4O2/c1-10-7-16-12(8-15-10)17-11-5-6-18(9-11)13(19)20-14(2,3)4/h7-8,11H,5-6,9H2,1-4H3,(H,16,17). The highest BCUT2D eigenvalue weighted by Crippen LogP contribution is 2.17. The number of nitrogens with one attached hydrogen (secondary N) is 1. The van der Waals surface area contributed by atoms with Crippen molar-refractivity contribution in [2.75, 3.05) is 18.4 Å². The topological polar surface area (TPSA) is 67.4 Å². The molecule has 0 saturated carbocycles. The Kier molecular flexibility index (Phi) is 4.11. The molecule has 0 bridgehead atoms. The Hall–Kier alpha value is -1.85. The van der Waals surface area contributed by atoms with E-state index in [1.165, 1.54) is 0 Å². The molecule has 1 N–H and O–H groups in total. The van der Waals surface area contributed by atoms with E-state index in [2.05, 4.69) is 15.3 Å². The monoisotopic (exact) mass is 278 g/mol. The molecule has 2 heterocycles. The molecule has 0 aliphatic carbocycles. The second-order valence-electron chi connectivity index (χ2n) is 6.10. The molecule has 0 radical (unpaired) electrons. The van der Waals surface area contributed by atoms with Gasteiger partial charge in [-0.05, 0) is 34.1 Å². The Morgan fingerprint density at radius 2 is 2.15 bits per heavy atom. The van der Waals surface area contributed by atoms with E-state index in [4.69, 9.17) is 4.74 Å². The summed E-state index contributed by atoms with van der Waals surface area (Å²) in [6, 6.07) is 0.194. The second-order valence-corrected chi connectivity index (χ2v) is 6.10. The van der Waals surface area contributed by atoms with Crippen LogP contribution >= 0.6 is 0 Å². The summed E-state index contributed by atoms with van der Waals surface area (Å²) >= 11 is 0. The molecular weight excluding hydrogens is 256 g/mol. The van der Waals surface area contributed by atoms with Gasteiger partial charge in [-0.3, -0.25) is 4.98 Å². The van der Waals surface area contributed by atoms with Gasteiger partial charge in [-0.1, -0.05) is 0 Å². The highest BCUT2D eigenvalue weighted by molar-refractivity contribution is 5.68. The van der Waals surface area contributed by atoms with Crippen molar-refractivity contribution in [1.29, 1.82) is 0 Å². The lowest BCUT2D eigenvalue weighted by Gasteiger charge is -2.24. The maximum atomic E-state index is 12.0. The number of carbonyl (C=O) groups is 1. The number of aryl methyl sites for hydroxylation is 1. The number of amides is 1. The smallest absolute Gasteiger partial charge is 0.410 e. The number of nitrogens with zero attached hydrogens (tertiary/aromatic N) is 3. The van der Waals surface area contributed by atoms with Crippen molar-refractivity contribution in [2.24, 2.45) is 0 Å². The van der Waals surface area contributed by atoms with E-state index < -0.39 is 5.60 Å². The Labute approximate surface area is 119 Å². The number of likely N-dealkylation sites (tertiary alicyclic amines) is 1. The molecule has 20 heavy (non-hydrogen) atoms. The third-order valence-electron chi connectivity index (χ3n) is 2.97. The van der Waals surface area contributed by atoms with Crippen molar-refractivity contribution in [3.05, 3.63) is 18.1 Å². The van der Waals surface area contributed by atoms with Gasteiger partial charge < -0.3 is 15.0 Å². The van der Waals surface area contributed by atoms with E-state index in [-0.39, 0.29) is 12.1 Å². The molecular formula is C14H22N4O2. The molecule has 1 aliphatic rings. The average molecular weight is 278 g/mol. The minimum absolute atomic E-state index is 0.194.